The molecule has 3 heteroatoms. The summed E-state index contributed by atoms with van der Waals surface area (Å²) in [5, 5.41) is 8.90. The highest BCUT2D eigenvalue weighted by Crippen LogP contribution is 2.27. The highest BCUT2D eigenvalue weighted by atomic mass is 16.3. The first-order valence-electron chi connectivity index (χ1n) is 4.29. The molecule has 0 aromatic heterocycles. The van der Waals surface area contributed by atoms with Crippen LogP contribution in [-0.4, -0.2) is 11.7 Å². The van der Waals surface area contributed by atoms with E-state index in [-0.39, 0.29) is 5.92 Å². The van der Waals surface area contributed by atoms with Crippen LogP contribution in [0.15, 0.2) is 23.6 Å². The van der Waals surface area contributed by atoms with Crippen LogP contribution in [0.3, 0.4) is 0 Å². The zero-order valence-corrected chi connectivity index (χ0v) is 7.16. The normalized spacial score (nSPS) is 23.2. The molecule has 0 radical (unpaired) electrons. The molecule has 1 atom stereocenters. The molecule has 0 spiro atoms. The lowest BCUT2D eigenvalue weighted by atomic mass is 9.89. The first-order chi connectivity index (χ1) is 5.74. The van der Waals surface area contributed by atoms with E-state index in [0.717, 1.165) is 18.5 Å². The number of unbranched alkanes of at least 4 members (excludes halogenated alkanes) is 1. The van der Waals surface area contributed by atoms with Gasteiger partial charge in [0.2, 0.25) is 0 Å². The van der Waals surface area contributed by atoms with Crippen molar-refractivity contribution in [3.63, 3.8) is 0 Å². The van der Waals surface area contributed by atoms with Crippen LogP contribution in [0.2, 0.25) is 0 Å². The van der Waals surface area contributed by atoms with E-state index in [1.165, 1.54) is 0 Å². The number of aliphatic hydroxyl groups excluding tert-OH is 1. The minimum Gasteiger partial charge on any atom is -0.513 e. The lowest BCUT2D eigenvalue weighted by Crippen LogP contribution is -2.18. The molecule has 0 saturated heterocycles. The third-order valence-corrected chi connectivity index (χ3v) is 2.04. The maximum atomic E-state index is 8.90. The van der Waals surface area contributed by atoms with Gasteiger partial charge in [-0.05, 0) is 25.5 Å². The van der Waals surface area contributed by atoms with Crippen LogP contribution in [0, 0.1) is 5.92 Å². The Labute approximate surface area is 72.7 Å². The summed E-state index contributed by atoms with van der Waals surface area (Å²) in [5.41, 5.74) is 11.9. The van der Waals surface area contributed by atoms with Gasteiger partial charge in [0.1, 0.15) is 0 Å². The largest absolute Gasteiger partial charge is 0.513 e. The molecule has 1 aliphatic rings. The second-order valence-electron chi connectivity index (χ2n) is 3.10. The molecule has 0 unspecified atom stereocenters. The Bertz CT molecular complexity index is 209. The van der Waals surface area contributed by atoms with Crippen LogP contribution in [0.1, 0.15) is 19.3 Å². The SMILES string of the molecule is NCCCC=C(N)[C@H]1C=C(O)C1. The van der Waals surface area contributed by atoms with Gasteiger partial charge in [-0.3, -0.25) is 0 Å². The van der Waals surface area contributed by atoms with Crippen molar-refractivity contribution in [1.82, 2.24) is 0 Å². The zero-order chi connectivity index (χ0) is 8.97. The predicted octanol–water partition coefficient (Wildman–Crippen LogP) is 1.03. The van der Waals surface area contributed by atoms with E-state index in [1.807, 2.05) is 6.08 Å². The molecule has 0 fully saturated rings. The maximum absolute atomic E-state index is 8.90. The molecular formula is C9H16N2O. The van der Waals surface area contributed by atoms with Crippen molar-refractivity contribution in [2.24, 2.45) is 17.4 Å². The molecule has 0 aromatic rings. The van der Waals surface area contributed by atoms with Gasteiger partial charge in [-0.15, -0.1) is 0 Å². The quantitative estimate of drug-likeness (QED) is 0.549. The van der Waals surface area contributed by atoms with E-state index < -0.39 is 0 Å². The number of nitrogens with two attached hydrogens (primary N) is 2. The van der Waals surface area contributed by atoms with Gasteiger partial charge in [0.15, 0.2) is 0 Å². The average molecular weight is 168 g/mol. The highest BCUT2D eigenvalue weighted by Gasteiger charge is 2.19. The smallest absolute Gasteiger partial charge is 0.0899 e. The second-order valence-corrected chi connectivity index (χ2v) is 3.10. The van der Waals surface area contributed by atoms with Gasteiger partial charge in [0.05, 0.1) is 5.76 Å². The molecule has 5 N–H and O–H groups in total. The fourth-order valence-corrected chi connectivity index (χ4v) is 1.18. The molecule has 68 valence electrons. The standard InChI is InChI=1S/C9H16N2O/c10-4-2-1-3-9(11)7-5-8(12)6-7/h3,5,7,12H,1-2,4,6,10-11H2/t7-/m0/s1. The van der Waals surface area contributed by atoms with Crippen LogP contribution in [0.5, 0.6) is 0 Å². The first kappa shape index (κ1) is 9.13. The molecule has 0 amide bonds. The highest BCUT2D eigenvalue weighted by molar-refractivity contribution is 5.21. The van der Waals surface area contributed by atoms with E-state index >= 15 is 0 Å². The van der Waals surface area contributed by atoms with Gasteiger partial charge in [-0.2, -0.15) is 0 Å². The third kappa shape index (κ3) is 2.27. The molecule has 12 heavy (non-hydrogen) atoms. The third-order valence-electron chi connectivity index (χ3n) is 2.04. The van der Waals surface area contributed by atoms with Crippen molar-refractivity contribution < 1.29 is 5.11 Å². The zero-order valence-electron chi connectivity index (χ0n) is 7.16. The van der Waals surface area contributed by atoms with E-state index in [2.05, 4.69) is 0 Å². The summed E-state index contributed by atoms with van der Waals surface area (Å²) in [6, 6.07) is 0. The molecule has 1 rings (SSSR count). The summed E-state index contributed by atoms with van der Waals surface area (Å²) in [6.45, 7) is 0.704. The lowest BCUT2D eigenvalue weighted by molar-refractivity contribution is 0.336. The van der Waals surface area contributed by atoms with Gasteiger partial charge in [-0.25, -0.2) is 0 Å². The Hall–Kier alpha value is -0.960. The Morgan fingerprint density at radius 3 is 2.92 bits per heavy atom. The van der Waals surface area contributed by atoms with Crippen molar-refractivity contribution in [2.45, 2.75) is 19.3 Å². The molecule has 3 nitrogen and oxygen atoms in total. The minimum absolute atomic E-state index is 0.266. The van der Waals surface area contributed by atoms with Crippen LogP contribution in [0.4, 0.5) is 0 Å². The molecular weight excluding hydrogens is 152 g/mol. The maximum Gasteiger partial charge on any atom is 0.0899 e. The number of hydrogen-bond acceptors (Lipinski definition) is 3. The van der Waals surface area contributed by atoms with Crippen molar-refractivity contribution in [1.29, 1.82) is 0 Å². The van der Waals surface area contributed by atoms with Crippen LogP contribution in [0.25, 0.3) is 0 Å². The minimum atomic E-state index is 0.266. The van der Waals surface area contributed by atoms with Crippen molar-refractivity contribution in [3.8, 4) is 0 Å². The van der Waals surface area contributed by atoms with Gasteiger partial charge < -0.3 is 16.6 Å². The van der Waals surface area contributed by atoms with Gasteiger partial charge in [-0.1, -0.05) is 6.08 Å². The fourth-order valence-electron chi connectivity index (χ4n) is 1.18. The second kappa shape index (κ2) is 4.16. The predicted molar refractivity (Wildman–Crippen MR) is 49.4 cm³/mol. The monoisotopic (exact) mass is 168 g/mol. The number of hydrogen-bond donors (Lipinski definition) is 3. The topological polar surface area (TPSA) is 72.3 Å². The summed E-state index contributed by atoms with van der Waals surface area (Å²) in [4.78, 5) is 0. The molecule has 0 saturated carbocycles. The van der Waals surface area contributed by atoms with E-state index in [9.17, 15) is 0 Å². The van der Waals surface area contributed by atoms with Crippen molar-refractivity contribution >= 4 is 0 Å². The molecule has 0 bridgehead atoms. The van der Waals surface area contributed by atoms with Crippen LogP contribution in [-0.2, 0) is 0 Å². The average Bonchev–Trinajstić information content (AvgIpc) is 1.99. The Morgan fingerprint density at radius 2 is 2.42 bits per heavy atom. The molecule has 0 aliphatic heterocycles. The van der Waals surface area contributed by atoms with Gasteiger partial charge in [0, 0.05) is 18.0 Å². The summed E-state index contributed by atoms with van der Waals surface area (Å²) in [6.07, 6.45) is 6.40. The fraction of sp³-hybridized carbons (Fsp3) is 0.556. The summed E-state index contributed by atoms with van der Waals surface area (Å²) < 4.78 is 0. The van der Waals surface area contributed by atoms with Crippen LogP contribution >= 0.6 is 0 Å². The number of aliphatic hydroxyl groups is 1. The van der Waals surface area contributed by atoms with Crippen molar-refractivity contribution in [2.75, 3.05) is 6.54 Å². The summed E-state index contributed by atoms with van der Waals surface area (Å²) >= 11 is 0. The molecule has 0 aromatic carbocycles. The summed E-state index contributed by atoms with van der Waals surface area (Å²) in [7, 11) is 0. The number of rotatable bonds is 4. The van der Waals surface area contributed by atoms with E-state index in [4.69, 9.17) is 16.6 Å². The van der Waals surface area contributed by atoms with Crippen molar-refractivity contribution in [3.05, 3.63) is 23.6 Å². The van der Waals surface area contributed by atoms with Gasteiger partial charge >= 0.3 is 0 Å². The molecule has 0 heterocycles. The van der Waals surface area contributed by atoms with Crippen LogP contribution < -0.4 is 11.5 Å². The summed E-state index contributed by atoms with van der Waals surface area (Å²) in [5.74, 6) is 0.720. The number of allylic oxidation sites excluding steroid dienone is 3. The Balaban J connectivity index is 2.28. The van der Waals surface area contributed by atoms with E-state index in [1.54, 1.807) is 6.08 Å². The Morgan fingerprint density at radius 1 is 1.75 bits per heavy atom. The first-order valence-corrected chi connectivity index (χ1v) is 4.29. The van der Waals surface area contributed by atoms with Gasteiger partial charge in [0.25, 0.3) is 0 Å². The lowest BCUT2D eigenvalue weighted by Gasteiger charge is -2.21. The molecule has 1 aliphatic carbocycles. The Kier molecular flexibility index (Phi) is 3.17. The van der Waals surface area contributed by atoms with E-state index in [0.29, 0.717) is 18.7 Å².